The van der Waals surface area contributed by atoms with Gasteiger partial charge in [-0.3, -0.25) is 0 Å². The molecule has 0 saturated carbocycles. The van der Waals surface area contributed by atoms with Gasteiger partial charge in [0.2, 0.25) is 0 Å². The molecule has 0 amide bonds. The Kier molecular flexibility index (Phi) is 2.84. The summed E-state index contributed by atoms with van der Waals surface area (Å²) >= 11 is 0. The zero-order valence-corrected chi connectivity index (χ0v) is 7.44. The van der Waals surface area contributed by atoms with Crippen LogP contribution in [0.2, 0.25) is 0 Å². The molecule has 0 radical (unpaired) electrons. The van der Waals surface area contributed by atoms with Crippen LogP contribution < -0.4 is 5.32 Å². The third-order valence-electron chi connectivity index (χ3n) is 2.08. The van der Waals surface area contributed by atoms with Gasteiger partial charge in [-0.2, -0.15) is 0 Å². The lowest BCUT2D eigenvalue weighted by molar-refractivity contribution is 0.0638. The molecule has 1 saturated heterocycles. The third-order valence-corrected chi connectivity index (χ3v) is 2.08. The van der Waals surface area contributed by atoms with Crippen LogP contribution in [0.4, 0.5) is 0 Å². The average molecular weight is 179 g/mol. The molecule has 1 fully saturated rings. The zero-order chi connectivity index (χ0) is 8.93. The Bertz CT molecular complexity index is 244. The molecule has 4 nitrogen and oxygen atoms in total. The van der Waals surface area contributed by atoms with Crippen molar-refractivity contribution in [1.29, 1.82) is 0 Å². The van der Waals surface area contributed by atoms with E-state index in [1.54, 1.807) is 12.5 Å². The minimum absolute atomic E-state index is 0.0884. The maximum atomic E-state index is 5.64. The third kappa shape index (κ3) is 2.23. The number of nitrogens with one attached hydrogen (secondary N) is 1. The maximum absolute atomic E-state index is 5.64. The topological polar surface area (TPSA) is 47.0 Å². The number of rotatable bonds is 1. The van der Waals surface area contributed by atoms with Crippen molar-refractivity contribution in [2.24, 2.45) is 0 Å². The van der Waals surface area contributed by atoms with Crippen LogP contribution in [0.3, 0.4) is 0 Å². The molecule has 1 atom stereocenters. The molecule has 1 aromatic rings. The molecule has 2 heterocycles. The summed E-state index contributed by atoms with van der Waals surface area (Å²) in [6.45, 7) is 2.68. The van der Waals surface area contributed by atoms with E-state index in [0.29, 0.717) is 0 Å². The van der Waals surface area contributed by atoms with Crippen LogP contribution in [0.25, 0.3) is 0 Å². The first-order valence-corrected chi connectivity index (χ1v) is 4.55. The molecule has 2 rings (SSSR count). The fraction of sp³-hybridized carbons (Fsp3) is 0.556. The Hall–Kier alpha value is -1.00. The first-order valence-electron chi connectivity index (χ1n) is 4.55. The van der Waals surface area contributed by atoms with Gasteiger partial charge in [-0.1, -0.05) is 0 Å². The minimum atomic E-state index is 0.0884. The molecule has 0 aromatic carbocycles. The van der Waals surface area contributed by atoms with Gasteiger partial charge in [-0.25, -0.2) is 9.97 Å². The van der Waals surface area contributed by atoms with Gasteiger partial charge in [0.1, 0.15) is 12.4 Å². The summed E-state index contributed by atoms with van der Waals surface area (Å²) in [4.78, 5) is 8.04. The lowest BCUT2D eigenvalue weighted by Crippen LogP contribution is -2.20. The van der Waals surface area contributed by atoms with Gasteiger partial charge in [0.05, 0.1) is 5.69 Å². The number of ether oxygens (including phenoxy) is 1. The van der Waals surface area contributed by atoms with Crippen molar-refractivity contribution in [3.8, 4) is 0 Å². The van der Waals surface area contributed by atoms with E-state index >= 15 is 0 Å². The molecule has 1 N–H and O–H groups in total. The minimum Gasteiger partial charge on any atom is -0.371 e. The first kappa shape index (κ1) is 8.59. The van der Waals surface area contributed by atoms with E-state index in [9.17, 15) is 0 Å². The van der Waals surface area contributed by atoms with Crippen molar-refractivity contribution in [1.82, 2.24) is 15.3 Å². The van der Waals surface area contributed by atoms with Crippen molar-refractivity contribution < 1.29 is 4.74 Å². The van der Waals surface area contributed by atoms with Crippen molar-refractivity contribution in [2.45, 2.75) is 12.5 Å². The summed E-state index contributed by atoms with van der Waals surface area (Å²) in [5.41, 5.74) is 0.962. The second kappa shape index (κ2) is 4.30. The summed E-state index contributed by atoms with van der Waals surface area (Å²) < 4.78 is 5.64. The number of hydrogen-bond donors (Lipinski definition) is 1. The Morgan fingerprint density at radius 2 is 2.54 bits per heavy atom. The van der Waals surface area contributed by atoms with Crippen LogP contribution in [0.1, 0.15) is 18.2 Å². The fourth-order valence-electron chi connectivity index (χ4n) is 1.40. The molecule has 70 valence electrons. The quantitative estimate of drug-likeness (QED) is 0.683. The highest BCUT2D eigenvalue weighted by molar-refractivity contribution is 5.03. The van der Waals surface area contributed by atoms with Gasteiger partial charge in [-0.15, -0.1) is 0 Å². The van der Waals surface area contributed by atoms with Gasteiger partial charge in [-0.05, 0) is 19.0 Å². The highest BCUT2D eigenvalue weighted by Gasteiger charge is 2.14. The second-order valence-electron chi connectivity index (χ2n) is 3.05. The molecule has 1 aliphatic rings. The van der Waals surface area contributed by atoms with Crippen LogP contribution in [-0.4, -0.2) is 29.7 Å². The molecule has 13 heavy (non-hydrogen) atoms. The summed E-state index contributed by atoms with van der Waals surface area (Å²) in [7, 11) is 0. The molecule has 0 bridgehead atoms. The van der Waals surface area contributed by atoms with Crippen LogP contribution in [0.5, 0.6) is 0 Å². The van der Waals surface area contributed by atoms with Crippen LogP contribution in [0, 0.1) is 0 Å². The monoisotopic (exact) mass is 179 g/mol. The first-order chi connectivity index (χ1) is 6.47. The lowest BCUT2D eigenvalue weighted by Gasteiger charge is -2.13. The Labute approximate surface area is 77.4 Å². The molecule has 1 aromatic heterocycles. The van der Waals surface area contributed by atoms with E-state index in [-0.39, 0.29) is 6.10 Å². The van der Waals surface area contributed by atoms with E-state index in [2.05, 4.69) is 15.3 Å². The Morgan fingerprint density at radius 3 is 3.38 bits per heavy atom. The number of hydrogen-bond acceptors (Lipinski definition) is 4. The van der Waals surface area contributed by atoms with E-state index in [1.807, 2.05) is 6.07 Å². The van der Waals surface area contributed by atoms with E-state index < -0.39 is 0 Å². The van der Waals surface area contributed by atoms with Gasteiger partial charge in [0.25, 0.3) is 0 Å². The van der Waals surface area contributed by atoms with Crippen LogP contribution >= 0.6 is 0 Å². The van der Waals surface area contributed by atoms with Gasteiger partial charge < -0.3 is 10.1 Å². The van der Waals surface area contributed by atoms with Crippen LogP contribution in [0.15, 0.2) is 18.6 Å². The Morgan fingerprint density at radius 1 is 1.54 bits per heavy atom. The van der Waals surface area contributed by atoms with Crippen molar-refractivity contribution in [3.63, 3.8) is 0 Å². The van der Waals surface area contributed by atoms with E-state index in [1.165, 1.54) is 0 Å². The molecule has 0 unspecified atom stereocenters. The summed E-state index contributed by atoms with van der Waals surface area (Å²) in [5, 5.41) is 3.31. The molecule has 0 spiro atoms. The largest absolute Gasteiger partial charge is 0.371 e. The summed E-state index contributed by atoms with van der Waals surface area (Å²) in [5.74, 6) is 0. The van der Waals surface area contributed by atoms with Gasteiger partial charge in [0, 0.05) is 19.3 Å². The molecular formula is C9H13N3O. The second-order valence-corrected chi connectivity index (χ2v) is 3.05. The standard InChI is InChI=1S/C9H13N3O/c1-3-10-6-9(13-5-1)8-2-4-11-7-12-8/h2,4,7,9-10H,1,3,5-6H2/t9-/m0/s1. The SMILES string of the molecule is c1cc([C@@H]2CNCCCO2)ncn1. The molecule has 1 aliphatic heterocycles. The summed E-state index contributed by atoms with van der Waals surface area (Å²) in [6, 6.07) is 1.90. The van der Waals surface area contributed by atoms with Gasteiger partial charge >= 0.3 is 0 Å². The smallest absolute Gasteiger partial charge is 0.115 e. The molecule has 4 heteroatoms. The normalized spacial score (nSPS) is 23.8. The van der Waals surface area contributed by atoms with Crippen molar-refractivity contribution >= 4 is 0 Å². The van der Waals surface area contributed by atoms with Crippen molar-refractivity contribution in [3.05, 3.63) is 24.3 Å². The highest BCUT2D eigenvalue weighted by atomic mass is 16.5. The van der Waals surface area contributed by atoms with E-state index in [0.717, 1.165) is 31.8 Å². The lowest BCUT2D eigenvalue weighted by atomic mass is 10.2. The molecular weight excluding hydrogens is 166 g/mol. The highest BCUT2D eigenvalue weighted by Crippen LogP contribution is 2.14. The molecule has 0 aliphatic carbocycles. The number of nitrogens with zero attached hydrogens (tertiary/aromatic N) is 2. The van der Waals surface area contributed by atoms with Crippen molar-refractivity contribution in [2.75, 3.05) is 19.7 Å². The van der Waals surface area contributed by atoms with E-state index in [4.69, 9.17) is 4.74 Å². The number of aromatic nitrogens is 2. The van der Waals surface area contributed by atoms with Gasteiger partial charge in [0.15, 0.2) is 0 Å². The predicted octanol–water partition coefficient (Wildman–Crippen LogP) is 0.528. The Balaban J connectivity index is 2.06. The maximum Gasteiger partial charge on any atom is 0.115 e. The zero-order valence-electron chi connectivity index (χ0n) is 7.44. The summed E-state index contributed by atoms with van der Waals surface area (Å²) in [6.07, 6.45) is 4.47. The fourth-order valence-corrected chi connectivity index (χ4v) is 1.40. The average Bonchev–Trinajstić information content (AvgIpc) is 2.47. The van der Waals surface area contributed by atoms with Crippen LogP contribution in [-0.2, 0) is 4.74 Å². The predicted molar refractivity (Wildman–Crippen MR) is 48.2 cm³/mol.